The van der Waals surface area contributed by atoms with E-state index in [4.69, 9.17) is 4.74 Å². The van der Waals surface area contributed by atoms with Gasteiger partial charge in [0.05, 0.1) is 7.11 Å². The highest BCUT2D eigenvalue weighted by molar-refractivity contribution is 6.14. The number of benzene rings is 2. The third kappa shape index (κ3) is 4.07. The van der Waals surface area contributed by atoms with Crippen molar-refractivity contribution in [3.05, 3.63) is 65.4 Å². The normalized spacial score (nSPS) is 15.1. The molecule has 1 heterocycles. The molecule has 0 aliphatic carbocycles. The fourth-order valence-corrected chi connectivity index (χ4v) is 2.56. The zero-order valence-corrected chi connectivity index (χ0v) is 14.6. The van der Waals surface area contributed by atoms with Crippen molar-refractivity contribution >= 4 is 23.5 Å². The molecule has 128 valence electrons. The maximum atomic E-state index is 12.1. The van der Waals surface area contributed by atoms with Crippen LogP contribution in [0.2, 0.25) is 0 Å². The smallest absolute Gasteiger partial charge is 0.275 e. The van der Waals surface area contributed by atoms with Crippen LogP contribution in [-0.4, -0.2) is 32.9 Å². The van der Waals surface area contributed by atoms with E-state index in [0.717, 1.165) is 22.6 Å². The highest BCUT2D eigenvalue weighted by Gasteiger charge is 2.19. The van der Waals surface area contributed by atoms with Crippen LogP contribution in [0.25, 0.3) is 6.08 Å². The maximum Gasteiger partial charge on any atom is 0.275 e. The maximum absolute atomic E-state index is 12.1. The van der Waals surface area contributed by atoms with Gasteiger partial charge in [0.15, 0.2) is 0 Å². The number of methoxy groups -OCH3 is 1. The second kappa shape index (κ2) is 7.21. The van der Waals surface area contributed by atoms with Crippen molar-refractivity contribution in [2.45, 2.75) is 6.42 Å². The topological polar surface area (TPSA) is 53.9 Å². The predicted octanol–water partition coefficient (Wildman–Crippen LogP) is 2.87. The summed E-state index contributed by atoms with van der Waals surface area (Å²) in [7, 11) is 5.62. The Balaban J connectivity index is 1.74. The van der Waals surface area contributed by atoms with Crippen LogP contribution in [-0.2, 0) is 11.2 Å². The molecule has 0 fully saturated rings. The second-order valence-corrected chi connectivity index (χ2v) is 6.05. The first-order valence-corrected chi connectivity index (χ1v) is 8.06. The van der Waals surface area contributed by atoms with Crippen LogP contribution in [0, 0.1) is 0 Å². The van der Waals surface area contributed by atoms with Crippen molar-refractivity contribution < 1.29 is 9.53 Å². The molecular weight excluding hydrogens is 314 g/mol. The molecule has 1 amide bonds. The first-order valence-electron chi connectivity index (χ1n) is 8.06. The Hall–Kier alpha value is -3.08. The Kier molecular flexibility index (Phi) is 4.84. The van der Waals surface area contributed by atoms with Crippen LogP contribution in [0.5, 0.6) is 5.75 Å². The molecule has 25 heavy (non-hydrogen) atoms. The number of hydrogen-bond donors (Lipinski definition) is 1. The number of carbonyl (C=O) groups excluding carboxylic acids is 1. The van der Waals surface area contributed by atoms with E-state index in [1.807, 2.05) is 67.5 Å². The van der Waals surface area contributed by atoms with E-state index in [0.29, 0.717) is 18.0 Å². The number of ether oxygens (including phenoxy) is 1. The standard InChI is InChI=1S/C20H21N3O2/c1-23(2)16-8-4-14(5-9-16)12-18-20(24)22-19(21-18)13-15-6-10-17(25-3)11-7-15/h4-12H,13H2,1-3H3,(H,21,22,24)/b18-12+. The summed E-state index contributed by atoms with van der Waals surface area (Å²) in [5.74, 6) is 1.30. The van der Waals surface area contributed by atoms with E-state index >= 15 is 0 Å². The van der Waals surface area contributed by atoms with Gasteiger partial charge in [0.1, 0.15) is 17.3 Å². The van der Waals surface area contributed by atoms with Crippen molar-refractivity contribution in [1.82, 2.24) is 5.32 Å². The van der Waals surface area contributed by atoms with Crippen LogP contribution < -0.4 is 15.0 Å². The molecule has 1 aliphatic heterocycles. The van der Waals surface area contributed by atoms with E-state index in [2.05, 4.69) is 10.3 Å². The average Bonchev–Trinajstić information content (AvgIpc) is 2.95. The summed E-state index contributed by atoms with van der Waals surface area (Å²) < 4.78 is 5.15. The molecule has 0 atom stereocenters. The zero-order chi connectivity index (χ0) is 17.8. The van der Waals surface area contributed by atoms with Gasteiger partial charge < -0.3 is 15.0 Å². The molecule has 0 unspecified atom stereocenters. The molecule has 1 N–H and O–H groups in total. The number of nitrogens with one attached hydrogen (secondary N) is 1. The van der Waals surface area contributed by atoms with E-state index in [1.165, 1.54) is 0 Å². The quantitative estimate of drug-likeness (QED) is 0.855. The van der Waals surface area contributed by atoms with E-state index < -0.39 is 0 Å². The molecule has 0 spiro atoms. The molecule has 0 saturated heterocycles. The summed E-state index contributed by atoms with van der Waals surface area (Å²) in [6, 6.07) is 15.7. The number of carbonyl (C=O) groups is 1. The highest BCUT2D eigenvalue weighted by atomic mass is 16.5. The van der Waals surface area contributed by atoms with Gasteiger partial charge in [-0.15, -0.1) is 0 Å². The minimum Gasteiger partial charge on any atom is -0.497 e. The molecule has 0 aromatic heterocycles. The van der Waals surface area contributed by atoms with E-state index in [-0.39, 0.29) is 5.91 Å². The molecule has 2 aromatic rings. The molecule has 5 heteroatoms. The van der Waals surface area contributed by atoms with Crippen molar-refractivity contribution in [1.29, 1.82) is 0 Å². The van der Waals surface area contributed by atoms with Gasteiger partial charge in [0.2, 0.25) is 0 Å². The Morgan fingerprint density at radius 1 is 1.08 bits per heavy atom. The Bertz CT molecular complexity index is 819. The van der Waals surface area contributed by atoms with Gasteiger partial charge in [-0.05, 0) is 41.5 Å². The lowest BCUT2D eigenvalue weighted by molar-refractivity contribution is -0.115. The number of amidine groups is 1. The molecule has 1 aliphatic rings. The van der Waals surface area contributed by atoms with E-state index in [1.54, 1.807) is 13.2 Å². The molecule has 5 nitrogen and oxygen atoms in total. The van der Waals surface area contributed by atoms with Gasteiger partial charge >= 0.3 is 0 Å². The van der Waals surface area contributed by atoms with E-state index in [9.17, 15) is 4.79 Å². The number of nitrogens with zero attached hydrogens (tertiary/aromatic N) is 2. The molecular formula is C20H21N3O2. The van der Waals surface area contributed by atoms with Crippen LogP contribution in [0.15, 0.2) is 59.2 Å². The van der Waals surface area contributed by atoms with Gasteiger partial charge in [-0.1, -0.05) is 24.3 Å². The molecule has 2 aromatic carbocycles. The van der Waals surface area contributed by atoms with Crippen LogP contribution in [0.4, 0.5) is 5.69 Å². The van der Waals surface area contributed by atoms with Crippen LogP contribution >= 0.6 is 0 Å². The average molecular weight is 335 g/mol. The van der Waals surface area contributed by atoms with Gasteiger partial charge in [-0.25, -0.2) is 4.99 Å². The predicted molar refractivity (Wildman–Crippen MR) is 101 cm³/mol. The SMILES string of the molecule is COc1ccc(CC2=N/C(=C/c3ccc(N(C)C)cc3)C(=O)N2)cc1. The third-order valence-corrected chi connectivity index (χ3v) is 3.99. The summed E-state index contributed by atoms with van der Waals surface area (Å²) in [6.07, 6.45) is 2.38. The first kappa shape index (κ1) is 16.8. The minimum atomic E-state index is -0.166. The van der Waals surface area contributed by atoms with Gasteiger partial charge in [-0.2, -0.15) is 0 Å². The van der Waals surface area contributed by atoms with Crippen LogP contribution in [0.1, 0.15) is 11.1 Å². The lowest BCUT2D eigenvalue weighted by Gasteiger charge is -2.11. The van der Waals surface area contributed by atoms with Crippen LogP contribution in [0.3, 0.4) is 0 Å². The van der Waals surface area contributed by atoms with Gasteiger partial charge in [0.25, 0.3) is 5.91 Å². The zero-order valence-electron chi connectivity index (χ0n) is 14.6. The summed E-state index contributed by atoms with van der Waals surface area (Å²) in [5, 5.41) is 2.83. The Morgan fingerprint density at radius 3 is 2.36 bits per heavy atom. The number of anilines is 1. The summed E-state index contributed by atoms with van der Waals surface area (Å²) >= 11 is 0. The number of hydrogen-bond acceptors (Lipinski definition) is 4. The molecule has 0 bridgehead atoms. The number of amides is 1. The van der Waals surface area contributed by atoms with Crippen molar-refractivity contribution in [2.75, 3.05) is 26.1 Å². The minimum absolute atomic E-state index is 0.166. The molecule has 0 radical (unpaired) electrons. The molecule has 3 rings (SSSR count). The third-order valence-electron chi connectivity index (χ3n) is 3.99. The number of rotatable bonds is 5. The van der Waals surface area contributed by atoms with Gasteiger partial charge in [-0.3, -0.25) is 4.79 Å². The lowest BCUT2D eigenvalue weighted by Crippen LogP contribution is -2.25. The Morgan fingerprint density at radius 2 is 1.76 bits per heavy atom. The fourth-order valence-electron chi connectivity index (χ4n) is 2.56. The molecule has 0 saturated carbocycles. The monoisotopic (exact) mass is 335 g/mol. The largest absolute Gasteiger partial charge is 0.497 e. The second-order valence-electron chi connectivity index (χ2n) is 6.05. The summed E-state index contributed by atoms with van der Waals surface area (Å²) in [4.78, 5) is 18.6. The summed E-state index contributed by atoms with van der Waals surface area (Å²) in [6.45, 7) is 0. The van der Waals surface area contributed by atoms with Crippen molar-refractivity contribution in [3.8, 4) is 5.75 Å². The highest BCUT2D eigenvalue weighted by Crippen LogP contribution is 2.18. The number of aliphatic imine (C=N–C) groups is 1. The first-order chi connectivity index (χ1) is 12.0. The van der Waals surface area contributed by atoms with Gasteiger partial charge in [0, 0.05) is 26.2 Å². The Labute approximate surface area is 147 Å². The fraction of sp³-hybridized carbons (Fsp3) is 0.200. The van der Waals surface area contributed by atoms with Crippen molar-refractivity contribution in [3.63, 3.8) is 0 Å². The summed E-state index contributed by atoms with van der Waals surface area (Å²) in [5.41, 5.74) is 3.56. The lowest BCUT2D eigenvalue weighted by atomic mass is 10.1. The van der Waals surface area contributed by atoms with Crippen molar-refractivity contribution in [2.24, 2.45) is 4.99 Å².